The second-order valence-corrected chi connectivity index (χ2v) is 15.7. The number of aromatic amines is 1. The number of carboxylic acid groups (broad SMARTS) is 1. The van der Waals surface area contributed by atoms with Gasteiger partial charge in [-0.2, -0.15) is 0 Å². The van der Waals surface area contributed by atoms with E-state index in [4.69, 9.17) is 10.8 Å². The maximum absolute atomic E-state index is 14.2. The summed E-state index contributed by atoms with van der Waals surface area (Å²) in [6.07, 6.45) is 1.88. The highest BCUT2D eigenvalue weighted by Gasteiger charge is 2.33. The number of aliphatic carboxylic acids is 1. The second kappa shape index (κ2) is 24.8. The Hall–Kier alpha value is -6.38. The van der Waals surface area contributed by atoms with Gasteiger partial charge in [0, 0.05) is 29.9 Å². The lowest BCUT2D eigenvalue weighted by Gasteiger charge is -2.27. The van der Waals surface area contributed by atoms with Gasteiger partial charge in [0.05, 0.1) is 26.3 Å². The summed E-state index contributed by atoms with van der Waals surface area (Å²) in [5, 5.41) is 46.5. The molecule has 0 spiro atoms. The van der Waals surface area contributed by atoms with E-state index >= 15 is 0 Å². The maximum Gasteiger partial charge on any atom is 0.326 e. The SMILES string of the molecule is CC(C)C[C@H](NC(=O)[C@H](CC(C)C)NC(=O)[C@H](Cc1c[nH]c2ccccc12)NC(=O)[C@H](Cc1ccccc1)NC(=O)CNC(=O)[C@H](CO)NC(=O)CNC(=O)[C@@H](N)CO)C(=O)O. The van der Waals surface area contributed by atoms with Gasteiger partial charge in [-0.05, 0) is 41.9 Å². The standard InChI is InChI=1S/C42H59N9O11/c1-23(2)14-30(39(58)51-33(42(61)62)15-24(3)4)49-41(60)32(17-26-18-44-29-13-9-8-12-27(26)29)50-40(59)31(16-25-10-6-5-7-11-25)47-35(54)20-46-38(57)34(22-53)48-36(55)19-45-37(56)28(43)21-52/h5-13,18,23-24,28,30-34,44,52-53H,14-17,19-22,43H2,1-4H3,(H,45,56)(H,46,57)(H,47,54)(H,48,55)(H,49,60)(H,50,59)(H,51,58)(H,61,62)/t28-,30-,31-,32-,33-,34-/m0/s1. The molecule has 0 radical (unpaired) electrons. The molecule has 62 heavy (non-hydrogen) atoms. The third kappa shape index (κ3) is 16.2. The average Bonchev–Trinajstić information content (AvgIpc) is 3.64. The van der Waals surface area contributed by atoms with Crippen molar-refractivity contribution in [2.45, 2.75) is 89.6 Å². The maximum atomic E-state index is 14.2. The van der Waals surface area contributed by atoms with Crippen molar-refractivity contribution in [3.8, 4) is 0 Å². The van der Waals surface area contributed by atoms with Crippen LogP contribution in [0, 0.1) is 11.8 Å². The molecule has 0 bridgehead atoms. The Bertz CT molecular complexity index is 2010. The number of aliphatic hydroxyl groups excluding tert-OH is 2. The monoisotopic (exact) mass is 865 g/mol. The van der Waals surface area contributed by atoms with Gasteiger partial charge in [-0.1, -0.05) is 76.2 Å². The summed E-state index contributed by atoms with van der Waals surface area (Å²) in [6, 6.07) is 8.15. The molecular weight excluding hydrogens is 807 g/mol. The molecule has 1 heterocycles. The second-order valence-electron chi connectivity index (χ2n) is 15.7. The summed E-state index contributed by atoms with van der Waals surface area (Å²) in [5.74, 6) is -7.13. The van der Waals surface area contributed by atoms with Crippen LogP contribution in [-0.4, -0.2) is 130 Å². The Morgan fingerprint density at radius 2 is 1.08 bits per heavy atom. The fourth-order valence-electron chi connectivity index (χ4n) is 6.36. The van der Waals surface area contributed by atoms with Crippen molar-refractivity contribution in [1.29, 1.82) is 0 Å². The highest BCUT2D eigenvalue weighted by atomic mass is 16.4. The van der Waals surface area contributed by atoms with Gasteiger partial charge in [0.15, 0.2) is 0 Å². The van der Waals surface area contributed by atoms with Gasteiger partial charge in [-0.3, -0.25) is 33.6 Å². The van der Waals surface area contributed by atoms with Gasteiger partial charge < -0.3 is 63.3 Å². The largest absolute Gasteiger partial charge is 0.480 e. The molecule has 20 heteroatoms. The number of nitrogens with two attached hydrogens (primary N) is 1. The Morgan fingerprint density at radius 1 is 0.581 bits per heavy atom. The van der Waals surface area contributed by atoms with E-state index in [9.17, 15) is 48.6 Å². The number of benzene rings is 2. The molecule has 0 unspecified atom stereocenters. The van der Waals surface area contributed by atoms with Crippen LogP contribution in [0.3, 0.4) is 0 Å². The Labute approximate surface area is 358 Å². The van der Waals surface area contributed by atoms with Crippen LogP contribution in [0.1, 0.15) is 51.7 Å². The summed E-state index contributed by atoms with van der Waals surface area (Å²) in [5.41, 5.74) is 7.44. The number of carbonyl (C=O) groups excluding carboxylic acids is 7. The molecule has 3 rings (SSSR count). The van der Waals surface area contributed by atoms with E-state index in [1.165, 1.54) is 0 Å². The number of amides is 7. The van der Waals surface area contributed by atoms with Gasteiger partial charge in [-0.25, -0.2) is 4.79 Å². The molecule has 0 saturated carbocycles. The molecule has 0 fully saturated rings. The molecule has 0 aliphatic rings. The average molecular weight is 866 g/mol. The summed E-state index contributed by atoms with van der Waals surface area (Å²) >= 11 is 0. The van der Waals surface area contributed by atoms with Gasteiger partial charge >= 0.3 is 5.97 Å². The van der Waals surface area contributed by atoms with E-state index in [1.54, 1.807) is 36.5 Å². The molecule has 0 aliphatic heterocycles. The first kappa shape index (κ1) is 50.0. The number of H-pyrrole nitrogens is 1. The van der Waals surface area contributed by atoms with Crippen LogP contribution >= 0.6 is 0 Å². The van der Waals surface area contributed by atoms with Crippen LogP contribution in [0.2, 0.25) is 0 Å². The number of fused-ring (bicyclic) bond motifs is 1. The first-order valence-electron chi connectivity index (χ1n) is 20.3. The van der Waals surface area contributed by atoms with Crippen LogP contribution in [0.4, 0.5) is 0 Å². The van der Waals surface area contributed by atoms with Crippen molar-refractivity contribution in [3.05, 3.63) is 71.9 Å². The lowest BCUT2D eigenvalue weighted by molar-refractivity contribution is -0.143. The smallest absolute Gasteiger partial charge is 0.326 e. The van der Waals surface area contributed by atoms with Crippen LogP contribution < -0.4 is 43.0 Å². The van der Waals surface area contributed by atoms with Crippen molar-refractivity contribution < 1.29 is 53.7 Å². The fourth-order valence-corrected chi connectivity index (χ4v) is 6.36. The topological polar surface area (TPSA) is 323 Å². The van der Waals surface area contributed by atoms with Gasteiger partial charge in [0.2, 0.25) is 41.4 Å². The third-order valence-electron chi connectivity index (χ3n) is 9.54. The number of aromatic nitrogens is 1. The van der Waals surface area contributed by atoms with Gasteiger partial charge in [0.25, 0.3) is 0 Å². The fraction of sp³-hybridized carbons (Fsp3) is 0.476. The molecule has 13 N–H and O–H groups in total. The predicted octanol–water partition coefficient (Wildman–Crippen LogP) is -1.90. The Balaban J connectivity index is 1.84. The Morgan fingerprint density at radius 3 is 1.66 bits per heavy atom. The molecule has 7 amide bonds. The zero-order chi connectivity index (χ0) is 45.9. The molecule has 0 saturated heterocycles. The first-order valence-corrected chi connectivity index (χ1v) is 20.3. The van der Waals surface area contributed by atoms with E-state index in [1.807, 2.05) is 52.0 Å². The lowest BCUT2D eigenvalue weighted by Crippen LogP contribution is -2.59. The number of rotatable bonds is 25. The zero-order valence-corrected chi connectivity index (χ0v) is 35.2. The molecule has 2 aromatic carbocycles. The minimum Gasteiger partial charge on any atom is -0.480 e. The number of carbonyl (C=O) groups is 8. The highest BCUT2D eigenvalue weighted by Crippen LogP contribution is 2.20. The minimum atomic E-state index is -1.53. The van der Waals surface area contributed by atoms with Gasteiger partial charge in [-0.15, -0.1) is 0 Å². The highest BCUT2D eigenvalue weighted by molar-refractivity contribution is 5.97. The molecule has 1 aromatic heterocycles. The normalized spacial score (nSPS) is 14.1. The number of nitrogens with one attached hydrogen (secondary N) is 8. The van der Waals surface area contributed by atoms with Crippen molar-refractivity contribution in [1.82, 2.24) is 42.2 Å². The summed E-state index contributed by atoms with van der Waals surface area (Å²) in [4.78, 5) is 107. The Kier molecular flexibility index (Phi) is 20.0. The zero-order valence-electron chi connectivity index (χ0n) is 35.2. The quantitative estimate of drug-likeness (QED) is 0.0445. The molecule has 0 aliphatic carbocycles. The van der Waals surface area contributed by atoms with Crippen LogP contribution in [-0.2, 0) is 51.2 Å². The van der Waals surface area contributed by atoms with E-state index < -0.39 is 110 Å². The van der Waals surface area contributed by atoms with Crippen LogP contribution in [0.25, 0.3) is 10.9 Å². The summed E-state index contributed by atoms with van der Waals surface area (Å²) < 4.78 is 0. The van der Waals surface area contributed by atoms with Crippen molar-refractivity contribution in [3.63, 3.8) is 0 Å². The van der Waals surface area contributed by atoms with E-state index in [-0.39, 0.29) is 37.5 Å². The third-order valence-corrected chi connectivity index (χ3v) is 9.54. The lowest BCUT2D eigenvalue weighted by atomic mass is 9.99. The molecule has 20 nitrogen and oxygen atoms in total. The molecule has 3 aromatic rings. The number of hydrogen-bond acceptors (Lipinski definition) is 11. The number of para-hydroxylation sites is 1. The van der Waals surface area contributed by atoms with E-state index in [2.05, 4.69) is 42.2 Å². The van der Waals surface area contributed by atoms with Crippen LogP contribution in [0.15, 0.2) is 60.8 Å². The molecule has 338 valence electrons. The van der Waals surface area contributed by atoms with Crippen molar-refractivity contribution >= 4 is 58.2 Å². The summed E-state index contributed by atoms with van der Waals surface area (Å²) in [7, 11) is 0. The van der Waals surface area contributed by atoms with Gasteiger partial charge in [0.1, 0.15) is 36.3 Å². The number of hydrogen-bond donors (Lipinski definition) is 12. The number of carboxylic acids is 1. The first-order chi connectivity index (χ1) is 29.4. The van der Waals surface area contributed by atoms with E-state index in [0.717, 1.165) is 10.9 Å². The summed E-state index contributed by atoms with van der Waals surface area (Å²) in [6.45, 7) is 4.43. The minimum absolute atomic E-state index is 0.0536. The van der Waals surface area contributed by atoms with E-state index in [0.29, 0.717) is 11.1 Å². The predicted molar refractivity (Wildman–Crippen MR) is 227 cm³/mol. The van der Waals surface area contributed by atoms with Crippen molar-refractivity contribution in [2.75, 3.05) is 26.3 Å². The van der Waals surface area contributed by atoms with Crippen molar-refractivity contribution in [2.24, 2.45) is 17.6 Å². The number of aliphatic hydroxyl groups is 2. The van der Waals surface area contributed by atoms with Crippen LogP contribution in [0.5, 0.6) is 0 Å². The molecular formula is C42H59N9O11. The molecule has 6 atom stereocenters.